The van der Waals surface area contributed by atoms with Gasteiger partial charge in [0.2, 0.25) is 0 Å². The monoisotopic (exact) mass is 487 g/mol. The number of carboxylic acid groups (broad SMARTS) is 1. The van der Waals surface area contributed by atoms with E-state index in [1.165, 1.54) is 24.3 Å². The van der Waals surface area contributed by atoms with Crippen LogP contribution in [0.3, 0.4) is 0 Å². The Morgan fingerprint density at radius 1 is 0.914 bits per heavy atom. The second-order valence-electron chi connectivity index (χ2n) is 7.80. The first-order valence-electron chi connectivity index (χ1n) is 10.8. The van der Waals surface area contributed by atoms with Crippen molar-refractivity contribution in [3.05, 3.63) is 89.5 Å². The molecule has 0 aliphatic carbocycles. The van der Waals surface area contributed by atoms with Crippen molar-refractivity contribution in [2.75, 3.05) is 6.54 Å². The number of carboxylic acids is 1. The quantitative estimate of drug-likeness (QED) is 0.391. The molecule has 0 saturated heterocycles. The van der Waals surface area contributed by atoms with E-state index in [2.05, 4.69) is 5.32 Å². The number of hydrogen-bond acceptors (Lipinski definition) is 4. The summed E-state index contributed by atoms with van der Waals surface area (Å²) in [4.78, 5) is 22.7. The molecule has 3 N–H and O–H groups in total. The number of halogens is 3. The molecule has 184 valence electrons. The van der Waals surface area contributed by atoms with Gasteiger partial charge in [-0.25, -0.2) is 4.79 Å². The van der Waals surface area contributed by atoms with E-state index in [0.29, 0.717) is 17.7 Å². The number of benzene rings is 3. The predicted octanol–water partition coefficient (Wildman–Crippen LogP) is 5.08. The first kappa shape index (κ1) is 25.8. The molecule has 3 aromatic carbocycles. The number of nitrogens with one attached hydrogen (secondary N) is 1. The lowest BCUT2D eigenvalue weighted by molar-refractivity contribution is -0.146. The van der Waals surface area contributed by atoms with Crippen molar-refractivity contribution in [3.8, 4) is 16.9 Å². The molecule has 2 unspecified atom stereocenters. The number of alkyl halides is 3. The van der Waals surface area contributed by atoms with Gasteiger partial charge in [-0.05, 0) is 59.5 Å². The Kier molecular flexibility index (Phi) is 8.14. The van der Waals surface area contributed by atoms with Gasteiger partial charge in [0.1, 0.15) is 11.9 Å². The van der Waals surface area contributed by atoms with Crippen LogP contribution in [0.4, 0.5) is 13.2 Å². The third-order valence-corrected chi connectivity index (χ3v) is 5.33. The van der Waals surface area contributed by atoms with Crippen molar-refractivity contribution in [2.24, 2.45) is 0 Å². The molecular formula is C26H24F3NO5. The van der Waals surface area contributed by atoms with Gasteiger partial charge in [0, 0.05) is 5.56 Å². The van der Waals surface area contributed by atoms with Gasteiger partial charge < -0.3 is 20.3 Å². The Balaban J connectivity index is 1.64. The van der Waals surface area contributed by atoms with E-state index in [9.17, 15) is 27.9 Å². The standard InChI is InChI=1S/C26H24F3NO5/c1-2-23(35-21-13-9-19(10-14-21)24(32)30-15-22(31)25(33)34)18-5-3-16(4-6-18)17-7-11-20(12-8-17)26(27,28)29/h3-14,22-23,31H,2,15H2,1H3,(H,30,32)(H,33,34). The SMILES string of the molecule is CCC(Oc1ccc(C(=O)NCC(O)C(=O)O)cc1)c1ccc(-c2ccc(C(F)(F)F)cc2)cc1. The number of ether oxygens (including phenoxy) is 1. The third kappa shape index (κ3) is 6.83. The Morgan fingerprint density at radius 3 is 1.94 bits per heavy atom. The molecule has 1 amide bonds. The summed E-state index contributed by atoms with van der Waals surface area (Å²) in [6.07, 6.45) is -5.70. The molecule has 0 radical (unpaired) electrons. The van der Waals surface area contributed by atoms with Crippen LogP contribution in [-0.4, -0.2) is 34.7 Å². The molecule has 2 atom stereocenters. The fourth-order valence-corrected chi connectivity index (χ4v) is 3.36. The molecule has 35 heavy (non-hydrogen) atoms. The van der Waals surface area contributed by atoms with E-state index >= 15 is 0 Å². The Bertz CT molecular complexity index is 1140. The van der Waals surface area contributed by atoms with E-state index in [4.69, 9.17) is 9.84 Å². The number of hydrogen-bond donors (Lipinski definition) is 3. The number of aliphatic carboxylic acids is 1. The van der Waals surface area contributed by atoms with Gasteiger partial charge in [-0.3, -0.25) is 4.79 Å². The molecule has 0 spiro atoms. The van der Waals surface area contributed by atoms with Gasteiger partial charge >= 0.3 is 12.1 Å². The van der Waals surface area contributed by atoms with E-state index in [-0.39, 0.29) is 11.7 Å². The second-order valence-corrected chi connectivity index (χ2v) is 7.80. The van der Waals surface area contributed by atoms with Crippen LogP contribution in [0.1, 0.15) is 40.9 Å². The highest BCUT2D eigenvalue weighted by atomic mass is 19.4. The fraction of sp³-hybridized carbons (Fsp3) is 0.231. The van der Waals surface area contributed by atoms with Gasteiger partial charge in [-0.15, -0.1) is 0 Å². The Morgan fingerprint density at radius 2 is 1.46 bits per heavy atom. The first-order chi connectivity index (χ1) is 16.6. The summed E-state index contributed by atoms with van der Waals surface area (Å²) >= 11 is 0. The molecule has 0 saturated carbocycles. The summed E-state index contributed by atoms with van der Waals surface area (Å²) in [5.41, 5.74) is 1.92. The number of aliphatic hydroxyl groups excluding tert-OH is 1. The number of aliphatic hydroxyl groups is 1. The average Bonchev–Trinajstić information content (AvgIpc) is 2.85. The zero-order chi connectivity index (χ0) is 25.6. The highest BCUT2D eigenvalue weighted by Gasteiger charge is 2.30. The summed E-state index contributed by atoms with van der Waals surface area (Å²) < 4.78 is 44.4. The van der Waals surface area contributed by atoms with Gasteiger partial charge in [0.25, 0.3) is 5.91 Å². The maximum Gasteiger partial charge on any atom is 0.416 e. The number of rotatable bonds is 9. The molecule has 9 heteroatoms. The van der Waals surface area contributed by atoms with Crippen molar-refractivity contribution < 1.29 is 37.7 Å². The van der Waals surface area contributed by atoms with E-state index < -0.39 is 36.3 Å². The molecule has 0 aliphatic rings. The molecule has 3 rings (SSSR count). The summed E-state index contributed by atoms with van der Waals surface area (Å²) in [6, 6.07) is 18.6. The minimum Gasteiger partial charge on any atom is -0.486 e. The zero-order valence-electron chi connectivity index (χ0n) is 18.8. The maximum absolute atomic E-state index is 12.8. The second kappa shape index (κ2) is 11.1. The summed E-state index contributed by atoms with van der Waals surface area (Å²) in [7, 11) is 0. The van der Waals surface area contributed by atoms with Crippen LogP contribution in [0.15, 0.2) is 72.8 Å². The Hall–Kier alpha value is -3.85. The maximum atomic E-state index is 12.8. The van der Waals surface area contributed by atoms with Crippen molar-refractivity contribution >= 4 is 11.9 Å². The van der Waals surface area contributed by atoms with Crippen LogP contribution in [0.25, 0.3) is 11.1 Å². The highest BCUT2D eigenvalue weighted by Crippen LogP contribution is 2.32. The van der Waals surface area contributed by atoms with Crippen LogP contribution in [0.2, 0.25) is 0 Å². The topological polar surface area (TPSA) is 95.9 Å². The van der Waals surface area contributed by atoms with Gasteiger partial charge in [0.05, 0.1) is 12.1 Å². The predicted molar refractivity (Wildman–Crippen MR) is 123 cm³/mol. The van der Waals surface area contributed by atoms with Crippen LogP contribution in [0.5, 0.6) is 5.75 Å². The number of carbonyl (C=O) groups excluding carboxylic acids is 1. The van der Waals surface area contributed by atoms with Gasteiger partial charge in [0.15, 0.2) is 6.10 Å². The van der Waals surface area contributed by atoms with Gasteiger partial charge in [-0.1, -0.05) is 43.3 Å². The molecule has 0 fully saturated rings. The van der Waals surface area contributed by atoms with Crippen molar-refractivity contribution in [2.45, 2.75) is 31.7 Å². The lowest BCUT2D eigenvalue weighted by Crippen LogP contribution is -2.36. The summed E-state index contributed by atoms with van der Waals surface area (Å²) in [5.74, 6) is -1.43. The molecule has 0 aliphatic heterocycles. The summed E-state index contributed by atoms with van der Waals surface area (Å²) in [5, 5.41) is 20.2. The third-order valence-electron chi connectivity index (χ3n) is 5.33. The minimum atomic E-state index is -4.38. The van der Waals surface area contributed by atoms with Crippen LogP contribution in [0, 0.1) is 0 Å². The lowest BCUT2D eigenvalue weighted by Gasteiger charge is -2.19. The van der Waals surface area contributed by atoms with Crippen LogP contribution in [-0.2, 0) is 11.0 Å². The smallest absolute Gasteiger partial charge is 0.416 e. The molecule has 0 bridgehead atoms. The van der Waals surface area contributed by atoms with E-state index in [1.807, 2.05) is 31.2 Å². The zero-order valence-corrected chi connectivity index (χ0v) is 18.8. The van der Waals surface area contributed by atoms with Crippen LogP contribution < -0.4 is 10.1 Å². The molecule has 0 heterocycles. The van der Waals surface area contributed by atoms with Crippen molar-refractivity contribution in [1.29, 1.82) is 0 Å². The number of amides is 1. The first-order valence-corrected chi connectivity index (χ1v) is 10.8. The molecular weight excluding hydrogens is 463 g/mol. The van der Waals surface area contributed by atoms with E-state index in [0.717, 1.165) is 23.3 Å². The van der Waals surface area contributed by atoms with Gasteiger partial charge in [-0.2, -0.15) is 13.2 Å². The van der Waals surface area contributed by atoms with E-state index in [1.54, 1.807) is 12.1 Å². The number of carbonyl (C=O) groups is 2. The Labute approximate surface area is 200 Å². The largest absolute Gasteiger partial charge is 0.486 e. The summed E-state index contributed by atoms with van der Waals surface area (Å²) in [6.45, 7) is 1.54. The molecule has 3 aromatic rings. The van der Waals surface area contributed by atoms with Crippen LogP contribution >= 0.6 is 0 Å². The van der Waals surface area contributed by atoms with Crippen molar-refractivity contribution in [1.82, 2.24) is 5.32 Å². The molecule has 6 nitrogen and oxygen atoms in total. The van der Waals surface area contributed by atoms with Crippen molar-refractivity contribution in [3.63, 3.8) is 0 Å². The fourth-order valence-electron chi connectivity index (χ4n) is 3.36. The lowest BCUT2D eigenvalue weighted by atomic mass is 10.00. The average molecular weight is 487 g/mol. The highest BCUT2D eigenvalue weighted by molar-refractivity contribution is 5.94. The minimum absolute atomic E-state index is 0.281. The molecule has 0 aromatic heterocycles. The normalized spacial score (nSPS) is 13.1.